The molecule has 0 aliphatic carbocycles. The number of benzene rings is 3. The molecular weight excluding hydrogens is 330 g/mol. The lowest BCUT2D eigenvalue weighted by Crippen LogP contribution is -1.95. The van der Waals surface area contributed by atoms with E-state index in [2.05, 4.69) is 71.1 Å². The van der Waals surface area contributed by atoms with Crippen LogP contribution in [0.3, 0.4) is 0 Å². The van der Waals surface area contributed by atoms with Crippen LogP contribution in [0.2, 0.25) is 0 Å². The first-order valence-electron chi connectivity index (χ1n) is 9.04. The summed E-state index contributed by atoms with van der Waals surface area (Å²) in [6.07, 6.45) is 0. The zero-order valence-electron chi connectivity index (χ0n) is 14.5. The third kappa shape index (κ3) is 2.09. The number of pyridine rings is 2. The van der Waals surface area contributed by atoms with E-state index in [1.807, 2.05) is 24.3 Å². The van der Waals surface area contributed by atoms with Gasteiger partial charge in [-0.05, 0) is 35.9 Å². The number of aromatic nitrogens is 3. The number of nitrogens with zero attached hydrogens (tertiary/aromatic N) is 3. The molecule has 0 radical (unpaired) electrons. The van der Waals surface area contributed by atoms with Crippen LogP contribution in [0.1, 0.15) is 0 Å². The normalized spacial score (nSPS) is 11.7. The molecule has 0 amide bonds. The number of hydrogen-bond donors (Lipinski definition) is 0. The van der Waals surface area contributed by atoms with E-state index in [-0.39, 0.29) is 0 Å². The Hall–Kier alpha value is -3.72. The van der Waals surface area contributed by atoms with Gasteiger partial charge >= 0.3 is 0 Å². The van der Waals surface area contributed by atoms with Crippen molar-refractivity contribution in [2.45, 2.75) is 0 Å². The molecule has 0 bridgehead atoms. The van der Waals surface area contributed by atoms with Gasteiger partial charge < -0.3 is 0 Å². The molecule has 0 saturated heterocycles. The van der Waals surface area contributed by atoms with Crippen molar-refractivity contribution in [3.63, 3.8) is 0 Å². The summed E-state index contributed by atoms with van der Waals surface area (Å²) in [5, 5.41) is 2.20. The lowest BCUT2D eigenvalue weighted by atomic mass is 10.1. The van der Waals surface area contributed by atoms with Crippen LogP contribution in [0.15, 0.2) is 91.0 Å². The van der Waals surface area contributed by atoms with E-state index in [9.17, 15) is 0 Å². The summed E-state index contributed by atoms with van der Waals surface area (Å²) in [4.78, 5) is 9.89. The zero-order chi connectivity index (χ0) is 17.8. The van der Waals surface area contributed by atoms with Crippen LogP contribution >= 0.6 is 0 Å². The van der Waals surface area contributed by atoms with Gasteiger partial charge in [0.05, 0.1) is 27.8 Å². The number of hydrogen-bond acceptors (Lipinski definition) is 2. The van der Waals surface area contributed by atoms with Crippen molar-refractivity contribution in [1.82, 2.24) is 14.4 Å². The fourth-order valence-electron chi connectivity index (χ4n) is 3.89. The molecule has 3 heteroatoms. The van der Waals surface area contributed by atoms with Crippen LogP contribution in [-0.2, 0) is 0 Å². The summed E-state index contributed by atoms with van der Waals surface area (Å²) < 4.78 is 2.25. The highest BCUT2D eigenvalue weighted by atomic mass is 15.0. The molecular formula is C24H15N3. The average Bonchev–Trinajstić information content (AvgIpc) is 3.12. The van der Waals surface area contributed by atoms with Gasteiger partial charge in [0, 0.05) is 10.8 Å². The van der Waals surface area contributed by atoms with Gasteiger partial charge in [0.2, 0.25) is 0 Å². The van der Waals surface area contributed by atoms with Crippen molar-refractivity contribution >= 4 is 38.5 Å². The van der Waals surface area contributed by atoms with Gasteiger partial charge in [-0.2, -0.15) is 0 Å². The van der Waals surface area contributed by atoms with E-state index in [4.69, 9.17) is 9.97 Å². The molecule has 27 heavy (non-hydrogen) atoms. The van der Waals surface area contributed by atoms with E-state index in [1.165, 1.54) is 0 Å². The van der Waals surface area contributed by atoms with Crippen LogP contribution in [0.5, 0.6) is 0 Å². The Morgan fingerprint density at radius 2 is 1.33 bits per heavy atom. The van der Waals surface area contributed by atoms with Crippen LogP contribution in [0, 0.1) is 0 Å². The topological polar surface area (TPSA) is 30.2 Å². The molecule has 0 atom stereocenters. The molecule has 0 spiro atoms. The summed E-state index contributed by atoms with van der Waals surface area (Å²) in [5.41, 5.74) is 7.29. The maximum Gasteiger partial charge on any atom is 0.147 e. The molecule has 0 unspecified atom stereocenters. The van der Waals surface area contributed by atoms with Crippen molar-refractivity contribution < 1.29 is 0 Å². The van der Waals surface area contributed by atoms with E-state index >= 15 is 0 Å². The first-order valence-corrected chi connectivity index (χ1v) is 9.04. The standard InChI is InChI=1S/C24H15N3/c1-2-8-16(9-3-1)23-15-21-18(14-17-10-4-5-11-19(17)25-21)24-26-20-12-6-7-13-22(20)27(23)24/h1-15H. The molecule has 6 aromatic rings. The summed E-state index contributed by atoms with van der Waals surface area (Å²) in [5.74, 6) is 0. The fourth-order valence-corrected chi connectivity index (χ4v) is 3.89. The Morgan fingerprint density at radius 3 is 2.22 bits per heavy atom. The summed E-state index contributed by atoms with van der Waals surface area (Å²) in [6, 6.07) is 31.4. The first-order chi connectivity index (χ1) is 13.4. The van der Waals surface area contributed by atoms with Crippen molar-refractivity contribution in [2.75, 3.05) is 0 Å². The third-order valence-electron chi connectivity index (χ3n) is 5.14. The lowest BCUT2D eigenvalue weighted by molar-refractivity contribution is 1.24. The second kappa shape index (κ2) is 5.39. The largest absolute Gasteiger partial charge is 0.292 e. The van der Waals surface area contributed by atoms with E-state index < -0.39 is 0 Å². The van der Waals surface area contributed by atoms with E-state index in [0.29, 0.717) is 0 Å². The Kier molecular flexibility index (Phi) is 2.88. The molecule has 0 fully saturated rings. The Morgan fingerprint density at radius 1 is 0.593 bits per heavy atom. The Labute approximate surface area is 155 Å². The average molecular weight is 345 g/mol. The second-order valence-corrected chi connectivity index (χ2v) is 6.77. The number of fused-ring (bicyclic) bond motifs is 6. The van der Waals surface area contributed by atoms with Gasteiger partial charge in [0.15, 0.2) is 0 Å². The Balaban J connectivity index is 1.87. The highest BCUT2D eigenvalue weighted by Gasteiger charge is 2.14. The smallest absolute Gasteiger partial charge is 0.147 e. The first kappa shape index (κ1) is 14.4. The number of imidazole rings is 1. The third-order valence-corrected chi connectivity index (χ3v) is 5.14. The number of para-hydroxylation sites is 3. The highest BCUT2D eigenvalue weighted by Crippen LogP contribution is 2.32. The molecule has 0 aliphatic rings. The van der Waals surface area contributed by atoms with Crippen molar-refractivity contribution in [3.05, 3.63) is 91.0 Å². The predicted molar refractivity (Wildman–Crippen MR) is 111 cm³/mol. The molecule has 6 rings (SSSR count). The van der Waals surface area contributed by atoms with Gasteiger partial charge in [-0.15, -0.1) is 0 Å². The lowest BCUT2D eigenvalue weighted by Gasteiger charge is -2.10. The van der Waals surface area contributed by atoms with Crippen LogP contribution < -0.4 is 0 Å². The van der Waals surface area contributed by atoms with Crippen LogP contribution in [0.25, 0.3) is 49.7 Å². The summed E-state index contributed by atoms with van der Waals surface area (Å²) in [6.45, 7) is 0. The molecule has 0 saturated carbocycles. The molecule has 0 aliphatic heterocycles. The van der Waals surface area contributed by atoms with Crippen LogP contribution in [0.4, 0.5) is 0 Å². The molecule has 126 valence electrons. The summed E-state index contributed by atoms with van der Waals surface area (Å²) >= 11 is 0. The molecule has 3 aromatic heterocycles. The zero-order valence-corrected chi connectivity index (χ0v) is 14.5. The highest BCUT2D eigenvalue weighted by molar-refractivity contribution is 6.04. The number of rotatable bonds is 1. The summed E-state index contributed by atoms with van der Waals surface area (Å²) in [7, 11) is 0. The second-order valence-electron chi connectivity index (χ2n) is 6.77. The van der Waals surface area contributed by atoms with Gasteiger partial charge in [-0.1, -0.05) is 60.7 Å². The molecule has 0 N–H and O–H groups in total. The minimum atomic E-state index is 0.950. The van der Waals surface area contributed by atoms with Gasteiger partial charge in [-0.3, -0.25) is 4.40 Å². The van der Waals surface area contributed by atoms with E-state index in [1.54, 1.807) is 0 Å². The maximum absolute atomic E-state index is 4.96. The quantitative estimate of drug-likeness (QED) is 0.350. The molecule has 3 heterocycles. The molecule has 3 aromatic carbocycles. The molecule has 3 nitrogen and oxygen atoms in total. The van der Waals surface area contributed by atoms with Gasteiger partial charge in [0.25, 0.3) is 0 Å². The SMILES string of the molecule is c1ccc(-c2cc3nc4ccccc4cc3c3nc4ccccc4n23)cc1. The van der Waals surface area contributed by atoms with Gasteiger partial charge in [-0.25, -0.2) is 9.97 Å². The minimum absolute atomic E-state index is 0.950. The van der Waals surface area contributed by atoms with Crippen molar-refractivity contribution in [1.29, 1.82) is 0 Å². The van der Waals surface area contributed by atoms with Crippen molar-refractivity contribution in [3.8, 4) is 11.3 Å². The van der Waals surface area contributed by atoms with Crippen molar-refractivity contribution in [2.24, 2.45) is 0 Å². The predicted octanol–water partition coefficient (Wildman–Crippen LogP) is 5.86. The van der Waals surface area contributed by atoms with E-state index in [0.717, 1.165) is 49.7 Å². The maximum atomic E-state index is 4.96. The van der Waals surface area contributed by atoms with Gasteiger partial charge in [0.1, 0.15) is 5.65 Å². The fraction of sp³-hybridized carbons (Fsp3) is 0. The van der Waals surface area contributed by atoms with Crippen LogP contribution in [-0.4, -0.2) is 14.4 Å². The Bertz CT molecular complexity index is 1460. The monoisotopic (exact) mass is 345 g/mol. The minimum Gasteiger partial charge on any atom is -0.292 e.